The SMILES string of the molecule is NC(=NCCCc1cnc[nH]1)NC(=O)NCCCCCCCCCCNC(=O)NC(N)=NCCCc1cnc[nH]1. The monoisotopic (exact) mass is 558 g/mol. The number of hydrogen-bond acceptors (Lipinski definition) is 6. The lowest BCUT2D eigenvalue weighted by Crippen LogP contribution is -2.43. The molecule has 4 amide bonds. The normalized spacial score (nSPS) is 11.8. The van der Waals surface area contributed by atoms with Gasteiger partial charge in [-0.15, -0.1) is 0 Å². The van der Waals surface area contributed by atoms with E-state index in [4.69, 9.17) is 11.5 Å². The second kappa shape index (κ2) is 20.8. The molecular weight excluding hydrogens is 512 g/mol. The number of carbonyl (C=O) groups is 2. The number of aryl methyl sites for hydroxylation is 2. The summed E-state index contributed by atoms with van der Waals surface area (Å²) in [4.78, 5) is 46.1. The van der Waals surface area contributed by atoms with Crippen LogP contribution in [0.1, 0.15) is 75.6 Å². The minimum atomic E-state index is -0.326. The molecule has 14 nitrogen and oxygen atoms in total. The van der Waals surface area contributed by atoms with Crippen molar-refractivity contribution in [3.8, 4) is 0 Å². The van der Waals surface area contributed by atoms with Gasteiger partial charge in [0.2, 0.25) is 0 Å². The fraction of sp³-hybridized carbons (Fsp3) is 0.615. The number of aromatic amines is 2. The summed E-state index contributed by atoms with van der Waals surface area (Å²) in [6.45, 7) is 2.28. The number of urea groups is 2. The van der Waals surface area contributed by atoms with Crippen molar-refractivity contribution < 1.29 is 9.59 Å². The van der Waals surface area contributed by atoms with Gasteiger partial charge in [-0.1, -0.05) is 38.5 Å². The van der Waals surface area contributed by atoms with Gasteiger partial charge in [0.25, 0.3) is 0 Å². The molecule has 2 aromatic heterocycles. The van der Waals surface area contributed by atoms with E-state index in [-0.39, 0.29) is 24.0 Å². The van der Waals surface area contributed by atoms with E-state index < -0.39 is 0 Å². The minimum absolute atomic E-state index is 0.129. The summed E-state index contributed by atoms with van der Waals surface area (Å²) in [6.07, 6.45) is 18.7. The highest BCUT2D eigenvalue weighted by molar-refractivity contribution is 5.95. The summed E-state index contributed by atoms with van der Waals surface area (Å²) in [5, 5.41) is 10.7. The molecule has 0 aliphatic carbocycles. The van der Waals surface area contributed by atoms with Crippen LogP contribution < -0.4 is 32.7 Å². The van der Waals surface area contributed by atoms with Crippen molar-refractivity contribution in [2.24, 2.45) is 21.5 Å². The van der Waals surface area contributed by atoms with Crippen molar-refractivity contribution in [2.45, 2.75) is 77.0 Å². The van der Waals surface area contributed by atoms with Gasteiger partial charge in [-0.05, 0) is 38.5 Å². The van der Waals surface area contributed by atoms with Gasteiger partial charge in [0.05, 0.1) is 12.7 Å². The average Bonchev–Trinajstić information content (AvgIpc) is 3.64. The Labute approximate surface area is 236 Å². The van der Waals surface area contributed by atoms with Crippen molar-refractivity contribution in [1.29, 1.82) is 0 Å². The van der Waals surface area contributed by atoms with Gasteiger partial charge >= 0.3 is 12.1 Å². The van der Waals surface area contributed by atoms with Gasteiger partial charge < -0.3 is 32.1 Å². The Morgan fingerprint density at radius 1 is 0.650 bits per heavy atom. The number of imidazole rings is 2. The maximum Gasteiger partial charge on any atom is 0.321 e. The Kier molecular flexibility index (Phi) is 16.7. The third-order valence-corrected chi connectivity index (χ3v) is 6.04. The number of amides is 4. The van der Waals surface area contributed by atoms with Crippen molar-refractivity contribution >= 4 is 24.0 Å². The average molecular weight is 559 g/mol. The van der Waals surface area contributed by atoms with E-state index in [1.165, 1.54) is 0 Å². The lowest BCUT2D eigenvalue weighted by atomic mass is 10.1. The minimum Gasteiger partial charge on any atom is -0.370 e. The van der Waals surface area contributed by atoms with Gasteiger partial charge in [-0.2, -0.15) is 0 Å². The Hall–Kier alpha value is -4.10. The Morgan fingerprint density at radius 3 is 1.43 bits per heavy atom. The first-order valence-electron chi connectivity index (χ1n) is 14.2. The molecular formula is C26H46N12O2. The molecule has 0 aliphatic rings. The number of nitrogens with two attached hydrogens (primary N) is 2. The molecule has 0 spiro atoms. The van der Waals surface area contributed by atoms with E-state index in [1.807, 2.05) is 0 Å². The van der Waals surface area contributed by atoms with Crippen LogP contribution in [0.3, 0.4) is 0 Å². The van der Waals surface area contributed by atoms with Gasteiger partial charge in [0, 0.05) is 50.0 Å². The van der Waals surface area contributed by atoms with Crippen LogP contribution in [0.25, 0.3) is 0 Å². The summed E-state index contributed by atoms with van der Waals surface area (Å²) in [7, 11) is 0. The van der Waals surface area contributed by atoms with Crippen LogP contribution in [-0.4, -0.2) is 70.1 Å². The predicted molar refractivity (Wildman–Crippen MR) is 157 cm³/mol. The zero-order valence-corrected chi connectivity index (χ0v) is 23.4. The third-order valence-electron chi connectivity index (χ3n) is 6.04. The van der Waals surface area contributed by atoms with E-state index in [0.717, 1.165) is 88.4 Å². The fourth-order valence-electron chi connectivity index (χ4n) is 3.90. The smallest absolute Gasteiger partial charge is 0.321 e. The van der Waals surface area contributed by atoms with Crippen LogP contribution in [-0.2, 0) is 12.8 Å². The summed E-state index contributed by atoms with van der Waals surface area (Å²) in [5.74, 6) is 0.257. The number of aliphatic imine (C=N–C) groups is 2. The first kappa shape index (κ1) is 32.1. The summed E-state index contributed by atoms with van der Waals surface area (Å²) >= 11 is 0. The summed E-state index contributed by atoms with van der Waals surface area (Å²) < 4.78 is 0. The topological polar surface area (TPSA) is 216 Å². The molecule has 0 radical (unpaired) electrons. The molecule has 14 heteroatoms. The molecule has 2 rings (SSSR count). The van der Waals surface area contributed by atoms with E-state index in [9.17, 15) is 9.59 Å². The molecule has 40 heavy (non-hydrogen) atoms. The predicted octanol–water partition coefficient (Wildman–Crippen LogP) is 2.05. The van der Waals surface area contributed by atoms with Crippen LogP contribution in [0.15, 0.2) is 35.0 Å². The molecule has 2 heterocycles. The number of aromatic nitrogens is 4. The number of hydrogen-bond donors (Lipinski definition) is 8. The quantitative estimate of drug-likeness (QED) is 0.0732. The molecule has 0 bridgehead atoms. The number of nitrogens with one attached hydrogen (secondary N) is 6. The first-order valence-corrected chi connectivity index (χ1v) is 14.2. The number of rotatable bonds is 19. The van der Waals surface area contributed by atoms with Crippen molar-refractivity contribution in [1.82, 2.24) is 41.2 Å². The molecule has 0 aliphatic heterocycles. The Bertz CT molecular complexity index is 909. The molecule has 0 saturated heterocycles. The highest BCUT2D eigenvalue weighted by atomic mass is 16.2. The van der Waals surface area contributed by atoms with E-state index in [1.54, 1.807) is 25.0 Å². The van der Waals surface area contributed by atoms with Gasteiger partial charge in [-0.3, -0.25) is 20.6 Å². The zero-order valence-electron chi connectivity index (χ0n) is 23.4. The molecule has 0 aromatic carbocycles. The Morgan fingerprint density at radius 2 is 1.05 bits per heavy atom. The first-order chi connectivity index (χ1) is 19.5. The van der Waals surface area contributed by atoms with Crippen LogP contribution >= 0.6 is 0 Å². The lowest BCUT2D eigenvalue weighted by Gasteiger charge is -2.08. The van der Waals surface area contributed by atoms with Crippen LogP contribution in [0.4, 0.5) is 9.59 Å². The van der Waals surface area contributed by atoms with Crippen molar-refractivity contribution in [3.63, 3.8) is 0 Å². The van der Waals surface area contributed by atoms with Gasteiger partial charge in [-0.25, -0.2) is 19.6 Å². The maximum atomic E-state index is 11.9. The second-order valence-electron chi connectivity index (χ2n) is 9.48. The molecule has 0 fully saturated rings. The van der Waals surface area contributed by atoms with E-state index in [2.05, 4.69) is 51.2 Å². The zero-order chi connectivity index (χ0) is 28.7. The fourth-order valence-corrected chi connectivity index (χ4v) is 3.90. The van der Waals surface area contributed by atoms with Crippen molar-refractivity contribution in [2.75, 3.05) is 26.2 Å². The number of guanidine groups is 2. The number of nitrogens with zero attached hydrogens (tertiary/aromatic N) is 4. The van der Waals surface area contributed by atoms with Crippen molar-refractivity contribution in [3.05, 3.63) is 36.4 Å². The second-order valence-corrected chi connectivity index (χ2v) is 9.48. The lowest BCUT2D eigenvalue weighted by molar-refractivity contribution is 0.244. The Balaban J connectivity index is 1.32. The molecule has 0 saturated carbocycles. The number of carbonyl (C=O) groups excluding carboxylic acids is 2. The maximum absolute atomic E-state index is 11.9. The molecule has 222 valence electrons. The largest absolute Gasteiger partial charge is 0.370 e. The molecule has 0 atom stereocenters. The van der Waals surface area contributed by atoms with E-state index >= 15 is 0 Å². The highest BCUT2D eigenvalue weighted by Gasteiger charge is 2.03. The summed E-state index contributed by atoms with van der Waals surface area (Å²) in [6, 6.07) is -0.651. The number of unbranched alkanes of at least 4 members (excludes halogenated alkanes) is 7. The van der Waals surface area contributed by atoms with Crippen LogP contribution in [0.5, 0.6) is 0 Å². The number of H-pyrrole nitrogens is 2. The molecule has 10 N–H and O–H groups in total. The molecule has 2 aromatic rings. The van der Waals surface area contributed by atoms with Gasteiger partial charge in [0.1, 0.15) is 0 Å². The summed E-state index contributed by atoms with van der Waals surface area (Å²) in [5.41, 5.74) is 13.6. The third kappa shape index (κ3) is 16.7. The molecule has 0 unspecified atom stereocenters. The standard InChI is InChI=1S/C26H46N12O2/c27-23(31-15-9-11-21-17-29-19-35-21)37-25(39)33-13-7-5-3-1-2-4-6-8-14-34-26(40)38-24(28)32-16-10-12-22-18-30-20-36-22/h17-20H,1-16H2,(H,29,35)(H,30,36)(H4,27,31,33,37,39)(H4,28,32,34,38,40). The van der Waals surface area contributed by atoms with Gasteiger partial charge in [0.15, 0.2) is 11.9 Å². The van der Waals surface area contributed by atoms with E-state index in [0.29, 0.717) is 26.2 Å². The van der Waals surface area contributed by atoms with Crippen LogP contribution in [0, 0.1) is 0 Å². The van der Waals surface area contributed by atoms with Crippen LogP contribution in [0.2, 0.25) is 0 Å². The highest BCUT2D eigenvalue weighted by Crippen LogP contribution is 2.08.